The Kier molecular flexibility index (Phi) is 6.02. The van der Waals surface area contributed by atoms with Crippen LogP contribution in [0.2, 0.25) is 0 Å². The van der Waals surface area contributed by atoms with Gasteiger partial charge in [0.15, 0.2) is 5.54 Å². The van der Waals surface area contributed by atoms with Crippen LogP contribution in [0.4, 0.5) is 5.69 Å². The predicted octanol–water partition coefficient (Wildman–Crippen LogP) is 3.64. The zero-order valence-corrected chi connectivity index (χ0v) is 14.9. The van der Waals surface area contributed by atoms with E-state index >= 15 is 0 Å². The molecule has 6 heteroatoms. The molecule has 1 unspecified atom stereocenters. The lowest BCUT2D eigenvalue weighted by Crippen LogP contribution is -2.36. The van der Waals surface area contributed by atoms with Gasteiger partial charge >= 0.3 is 5.97 Å². The first kappa shape index (κ1) is 18.5. The van der Waals surface area contributed by atoms with Gasteiger partial charge in [-0.05, 0) is 32.6 Å². The third-order valence-electron chi connectivity index (χ3n) is 5.05. The lowest BCUT2D eigenvalue weighted by atomic mass is 9.89. The summed E-state index contributed by atoms with van der Waals surface area (Å²) in [5.41, 5.74) is -0.586. The summed E-state index contributed by atoms with van der Waals surface area (Å²) in [6, 6.07) is 0. The predicted molar refractivity (Wildman–Crippen MR) is 92.8 cm³/mol. The number of carboxylic acids is 1. The van der Waals surface area contributed by atoms with Crippen LogP contribution in [0.15, 0.2) is 12.4 Å². The lowest BCUT2D eigenvalue weighted by Gasteiger charge is -2.20. The van der Waals surface area contributed by atoms with Crippen molar-refractivity contribution in [3.8, 4) is 0 Å². The molecular formula is C18H29N3O3. The van der Waals surface area contributed by atoms with Crippen molar-refractivity contribution in [3.63, 3.8) is 0 Å². The van der Waals surface area contributed by atoms with Crippen molar-refractivity contribution in [2.24, 2.45) is 11.8 Å². The Bertz CT molecular complexity index is 574. The number of hydrogen-bond acceptors (Lipinski definition) is 3. The van der Waals surface area contributed by atoms with Gasteiger partial charge in [0.25, 0.3) is 0 Å². The number of carbonyl (C=O) groups is 2. The third-order valence-corrected chi connectivity index (χ3v) is 5.05. The molecule has 0 aromatic carbocycles. The number of rotatable bonds is 8. The minimum Gasteiger partial charge on any atom is -0.479 e. The van der Waals surface area contributed by atoms with Crippen molar-refractivity contribution in [1.29, 1.82) is 0 Å². The van der Waals surface area contributed by atoms with Crippen LogP contribution in [0.25, 0.3) is 0 Å². The van der Waals surface area contributed by atoms with E-state index in [0.717, 1.165) is 19.3 Å². The number of aliphatic carboxylic acids is 1. The number of anilines is 1. The second-order valence-electron chi connectivity index (χ2n) is 7.40. The van der Waals surface area contributed by atoms with E-state index in [2.05, 4.69) is 17.3 Å². The summed E-state index contributed by atoms with van der Waals surface area (Å²) in [6.45, 7) is 5.25. The number of amides is 1. The Balaban J connectivity index is 2.01. The lowest BCUT2D eigenvalue weighted by molar-refractivity contribution is -0.146. The van der Waals surface area contributed by atoms with Crippen LogP contribution in [0.1, 0.15) is 65.7 Å². The Morgan fingerprint density at radius 2 is 2.08 bits per heavy atom. The topological polar surface area (TPSA) is 84.2 Å². The Morgan fingerprint density at radius 1 is 1.42 bits per heavy atom. The number of nitrogens with zero attached hydrogens (tertiary/aromatic N) is 2. The number of carbonyl (C=O) groups excluding carboxylic acids is 1. The maximum atomic E-state index is 12.6. The first-order valence-electron chi connectivity index (χ1n) is 8.94. The summed E-state index contributed by atoms with van der Waals surface area (Å²) in [7, 11) is 0. The summed E-state index contributed by atoms with van der Waals surface area (Å²) in [4.78, 5) is 23.9. The average Bonchev–Trinajstić information content (AvgIpc) is 3.18. The van der Waals surface area contributed by atoms with Gasteiger partial charge in [-0.25, -0.2) is 4.79 Å². The molecule has 0 saturated heterocycles. The van der Waals surface area contributed by atoms with Crippen LogP contribution < -0.4 is 5.32 Å². The molecule has 1 saturated carbocycles. The molecule has 0 aliphatic heterocycles. The maximum absolute atomic E-state index is 12.6. The zero-order chi connectivity index (χ0) is 17.7. The number of carboxylic acid groups (broad SMARTS) is 1. The van der Waals surface area contributed by atoms with Gasteiger partial charge in [-0.2, -0.15) is 5.10 Å². The van der Waals surface area contributed by atoms with Crippen molar-refractivity contribution in [2.75, 3.05) is 5.32 Å². The van der Waals surface area contributed by atoms with Crippen LogP contribution in [0.5, 0.6) is 0 Å². The Labute approximate surface area is 143 Å². The minimum atomic E-state index is -1.14. The molecule has 1 amide bonds. The van der Waals surface area contributed by atoms with Gasteiger partial charge in [0.05, 0.1) is 11.9 Å². The smallest absolute Gasteiger partial charge is 0.331 e. The largest absolute Gasteiger partial charge is 0.479 e. The van der Waals surface area contributed by atoms with Crippen molar-refractivity contribution in [2.45, 2.75) is 71.3 Å². The van der Waals surface area contributed by atoms with Gasteiger partial charge < -0.3 is 10.4 Å². The first-order valence-corrected chi connectivity index (χ1v) is 8.94. The summed E-state index contributed by atoms with van der Waals surface area (Å²) in [6.07, 6.45) is 11.0. The molecule has 24 heavy (non-hydrogen) atoms. The molecule has 0 radical (unpaired) electrons. The molecule has 1 aromatic rings. The molecule has 0 bridgehead atoms. The highest BCUT2D eigenvalue weighted by Gasteiger charge is 2.31. The second-order valence-corrected chi connectivity index (χ2v) is 7.40. The molecule has 1 aliphatic carbocycles. The van der Waals surface area contributed by atoms with E-state index in [9.17, 15) is 14.7 Å². The number of hydrogen-bond donors (Lipinski definition) is 2. The number of nitrogens with one attached hydrogen (secondary N) is 1. The molecule has 6 nitrogen and oxygen atoms in total. The summed E-state index contributed by atoms with van der Waals surface area (Å²) in [5, 5.41) is 16.3. The monoisotopic (exact) mass is 335 g/mol. The van der Waals surface area contributed by atoms with Gasteiger partial charge in [-0.3, -0.25) is 9.48 Å². The molecule has 2 N–H and O–H groups in total. The average molecular weight is 335 g/mol. The molecule has 1 aliphatic rings. The van der Waals surface area contributed by atoms with Crippen molar-refractivity contribution in [3.05, 3.63) is 12.4 Å². The van der Waals surface area contributed by atoms with E-state index in [1.807, 2.05) is 0 Å². The fourth-order valence-electron chi connectivity index (χ4n) is 3.39. The fourth-order valence-corrected chi connectivity index (χ4v) is 3.39. The van der Waals surface area contributed by atoms with E-state index in [1.54, 1.807) is 20.0 Å². The second kappa shape index (κ2) is 7.81. The van der Waals surface area contributed by atoms with Crippen LogP contribution in [0, 0.1) is 11.8 Å². The SMILES string of the molecule is CCCC(CC1CCCC1)C(=O)Nc1cnn(C(C)(C)C(=O)O)c1. The van der Waals surface area contributed by atoms with Crippen molar-refractivity contribution < 1.29 is 14.7 Å². The maximum Gasteiger partial charge on any atom is 0.331 e. The van der Waals surface area contributed by atoms with Crippen LogP contribution in [0.3, 0.4) is 0 Å². The van der Waals surface area contributed by atoms with Gasteiger partial charge in [-0.15, -0.1) is 0 Å². The fraction of sp³-hybridized carbons (Fsp3) is 0.722. The molecule has 0 spiro atoms. The van der Waals surface area contributed by atoms with Crippen molar-refractivity contribution >= 4 is 17.6 Å². The highest BCUT2D eigenvalue weighted by Crippen LogP contribution is 2.32. The summed E-state index contributed by atoms with van der Waals surface area (Å²) >= 11 is 0. The molecule has 2 rings (SSSR count). The van der Waals surface area contributed by atoms with Crippen LogP contribution in [-0.2, 0) is 15.1 Å². The van der Waals surface area contributed by atoms with Gasteiger partial charge in [0.1, 0.15) is 0 Å². The number of aromatic nitrogens is 2. The highest BCUT2D eigenvalue weighted by atomic mass is 16.4. The molecule has 134 valence electrons. The van der Waals surface area contributed by atoms with Gasteiger partial charge in [0.2, 0.25) is 5.91 Å². The first-order chi connectivity index (χ1) is 11.3. The molecule has 1 aromatic heterocycles. The zero-order valence-electron chi connectivity index (χ0n) is 14.9. The summed E-state index contributed by atoms with van der Waals surface area (Å²) in [5.74, 6) is -0.250. The highest BCUT2D eigenvalue weighted by molar-refractivity contribution is 5.92. The van der Waals surface area contributed by atoms with E-state index in [-0.39, 0.29) is 11.8 Å². The molecular weight excluding hydrogens is 306 g/mol. The summed E-state index contributed by atoms with van der Waals surface area (Å²) < 4.78 is 1.37. The quantitative estimate of drug-likeness (QED) is 0.759. The third kappa shape index (κ3) is 4.36. The molecule has 1 heterocycles. The van der Waals surface area contributed by atoms with Crippen molar-refractivity contribution in [1.82, 2.24) is 9.78 Å². The molecule has 1 atom stereocenters. The normalized spacial score (nSPS) is 17.0. The molecule has 1 fully saturated rings. The van der Waals surface area contributed by atoms with E-state index in [1.165, 1.54) is 36.6 Å². The van der Waals surface area contributed by atoms with E-state index in [4.69, 9.17) is 0 Å². The Hall–Kier alpha value is -1.85. The Morgan fingerprint density at radius 3 is 2.67 bits per heavy atom. The minimum absolute atomic E-state index is 0.0222. The van der Waals surface area contributed by atoms with Crippen LogP contribution in [-0.4, -0.2) is 26.8 Å². The van der Waals surface area contributed by atoms with Crippen LogP contribution >= 0.6 is 0 Å². The standard InChI is InChI=1S/C18H29N3O3/c1-4-7-14(10-13-8-5-6-9-13)16(22)20-15-11-19-21(12-15)18(2,3)17(23)24/h11-14H,4-10H2,1-3H3,(H,20,22)(H,23,24). The van der Waals surface area contributed by atoms with Gasteiger partial charge in [0, 0.05) is 12.1 Å². The van der Waals surface area contributed by atoms with Gasteiger partial charge in [-0.1, -0.05) is 39.0 Å². The van der Waals surface area contributed by atoms with E-state index in [0.29, 0.717) is 11.6 Å². The van der Waals surface area contributed by atoms with E-state index < -0.39 is 11.5 Å².